The maximum atomic E-state index is 9.98. The fourth-order valence-electron chi connectivity index (χ4n) is 7.23. The molecule has 0 spiro atoms. The summed E-state index contributed by atoms with van der Waals surface area (Å²) in [5.41, 5.74) is 11.9. The summed E-state index contributed by atoms with van der Waals surface area (Å²) in [4.78, 5) is 0. The Bertz CT molecular complexity index is 2650. The predicted octanol–water partition coefficient (Wildman–Crippen LogP) is 11.1. The molecule has 2 heterocycles. The van der Waals surface area contributed by atoms with Crippen LogP contribution in [0.15, 0.2) is 164 Å². The van der Waals surface area contributed by atoms with Gasteiger partial charge >= 0.3 is 0 Å². The smallest absolute Gasteiger partial charge is 0.101 e. The highest BCUT2D eigenvalue weighted by Gasteiger charge is 2.19. The summed E-state index contributed by atoms with van der Waals surface area (Å²) in [5.74, 6) is 0. The van der Waals surface area contributed by atoms with Gasteiger partial charge in [0.1, 0.15) is 6.07 Å². The molecule has 0 aliphatic rings. The van der Waals surface area contributed by atoms with Gasteiger partial charge in [-0.15, -0.1) is 0 Å². The quantitative estimate of drug-likeness (QED) is 0.202. The summed E-state index contributed by atoms with van der Waals surface area (Å²) in [6.45, 7) is 0. The minimum Gasteiger partial charge on any atom is -0.309 e. The van der Waals surface area contributed by atoms with E-state index in [-0.39, 0.29) is 0 Å². The Hall–Kier alpha value is -6.37. The van der Waals surface area contributed by atoms with E-state index < -0.39 is 0 Å². The maximum Gasteiger partial charge on any atom is 0.101 e. The van der Waals surface area contributed by atoms with Crippen LogP contribution in [-0.4, -0.2) is 9.13 Å². The second kappa shape index (κ2) is 10.4. The summed E-state index contributed by atoms with van der Waals surface area (Å²) in [7, 11) is 0. The molecule has 214 valence electrons. The molecule has 0 saturated carbocycles. The molecule has 9 rings (SSSR count). The molecular formula is C43H27N3. The van der Waals surface area contributed by atoms with Gasteiger partial charge in [-0.3, -0.25) is 0 Å². The van der Waals surface area contributed by atoms with Gasteiger partial charge in [0.05, 0.1) is 33.3 Å². The normalized spacial score (nSPS) is 11.5. The average Bonchev–Trinajstić information content (AvgIpc) is 3.65. The zero-order chi connectivity index (χ0) is 30.6. The van der Waals surface area contributed by atoms with Gasteiger partial charge in [-0.2, -0.15) is 5.26 Å². The number of nitrogens with zero attached hydrogens (tertiary/aromatic N) is 3. The minimum absolute atomic E-state index is 0.652. The second-order valence-electron chi connectivity index (χ2n) is 11.7. The largest absolute Gasteiger partial charge is 0.309 e. The lowest BCUT2D eigenvalue weighted by molar-refractivity contribution is 1.17. The van der Waals surface area contributed by atoms with E-state index in [4.69, 9.17) is 0 Å². The number of para-hydroxylation sites is 5. The van der Waals surface area contributed by atoms with Gasteiger partial charge in [-0.05, 0) is 65.2 Å². The van der Waals surface area contributed by atoms with Gasteiger partial charge in [0.2, 0.25) is 0 Å². The van der Waals surface area contributed by atoms with Crippen molar-refractivity contribution < 1.29 is 0 Å². The molecule has 0 unspecified atom stereocenters. The van der Waals surface area contributed by atoms with Gasteiger partial charge in [0, 0.05) is 32.8 Å². The van der Waals surface area contributed by atoms with Crippen molar-refractivity contribution in [3.63, 3.8) is 0 Å². The zero-order valence-electron chi connectivity index (χ0n) is 24.9. The van der Waals surface area contributed by atoms with Gasteiger partial charge in [0.25, 0.3) is 0 Å². The van der Waals surface area contributed by atoms with Crippen LogP contribution in [0.25, 0.3) is 77.2 Å². The van der Waals surface area contributed by atoms with Crippen molar-refractivity contribution in [2.24, 2.45) is 0 Å². The Morgan fingerprint density at radius 1 is 0.435 bits per heavy atom. The van der Waals surface area contributed by atoms with Gasteiger partial charge < -0.3 is 9.13 Å². The highest BCUT2D eigenvalue weighted by atomic mass is 15.0. The topological polar surface area (TPSA) is 33.6 Å². The van der Waals surface area contributed by atoms with E-state index in [2.05, 4.69) is 155 Å². The Morgan fingerprint density at radius 2 is 1.02 bits per heavy atom. The number of nitriles is 1. The van der Waals surface area contributed by atoms with Gasteiger partial charge in [-0.1, -0.05) is 115 Å². The van der Waals surface area contributed by atoms with E-state index in [1.807, 2.05) is 24.3 Å². The summed E-state index contributed by atoms with van der Waals surface area (Å²) >= 11 is 0. The molecule has 0 N–H and O–H groups in total. The van der Waals surface area contributed by atoms with E-state index in [0.717, 1.165) is 33.4 Å². The molecule has 3 heteroatoms. The molecule has 0 saturated heterocycles. The molecule has 46 heavy (non-hydrogen) atoms. The monoisotopic (exact) mass is 585 g/mol. The zero-order valence-corrected chi connectivity index (χ0v) is 24.9. The standard InChI is InChI=1S/C43H27N3/c44-28-31-13-4-7-23-38(31)46-40-25-9-6-19-37(40)42-33(20-12-26-41(42)46)29-14-10-15-30(27-29)34-21-11-22-36-35-18-5-8-24-39(35)45(43(34)36)32-16-2-1-3-17-32/h1-27H. The van der Waals surface area contributed by atoms with Crippen LogP contribution in [0.5, 0.6) is 0 Å². The fourth-order valence-corrected chi connectivity index (χ4v) is 7.23. The van der Waals surface area contributed by atoms with Crippen molar-refractivity contribution >= 4 is 43.6 Å². The molecule has 0 atom stereocenters. The molecule has 0 aliphatic carbocycles. The SMILES string of the molecule is N#Cc1ccccc1-n1c2ccccc2c2c(-c3cccc(-c4cccc5c6ccccc6n(-c6ccccc6)c45)c3)cccc21. The molecule has 0 amide bonds. The molecule has 0 aliphatic heterocycles. The average molecular weight is 586 g/mol. The van der Waals surface area contributed by atoms with Crippen molar-refractivity contribution in [1.29, 1.82) is 5.26 Å². The van der Waals surface area contributed by atoms with Crippen LogP contribution in [0.3, 0.4) is 0 Å². The van der Waals surface area contributed by atoms with Crippen molar-refractivity contribution in [3.05, 3.63) is 169 Å². The Balaban J connectivity index is 1.31. The molecular weight excluding hydrogens is 558 g/mol. The number of hydrogen-bond donors (Lipinski definition) is 0. The van der Waals surface area contributed by atoms with E-state index in [1.54, 1.807) is 0 Å². The maximum absolute atomic E-state index is 9.98. The Kier molecular flexibility index (Phi) is 5.88. The first-order chi connectivity index (χ1) is 22.8. The molecule has 0 bridgehead atoms. The van der Waals surface area contributed by atoms with Gasteiger partial charge in [-0.25, -0.2) is 0 Å². The predicted molar refractivity (Wildman–Crippen MR) is 191 cm³/mol. The molecule has 7 aromatic carbocycles. The summed E-state index contributed by atoms with van der Waals surface area (Å²) in [6, 6.07) is 60.1. The highest BCUT2D eigenvalue weighted by Crippen LogP contribution is 2.42. The summed E-state index contributed by atoms with van der Waals surface area (Å²) < 4.78 is 4.63. The third-order valence-corrected chi connectivity index (χ3v) is 9.16. The molecule has 9 aromatic rings. The van der Waals surface area contributed by atoms with Crippen LogP contribution in [0.1, 0.15) is 5.56 Å². The number of aromatic nitrogens is 2. The van der Waals surface area contributed by atoms with Crippen LogP contribution < -0.4 is 0 Å². The molecule has 2 aromatic heterocycles. The number of rotatable bonds is 4. The molecule has 3 nitrogen and oxygen atoms in total. The van der Waals surface area contributed by atoms with Crippen LogP contribution in [0.2, 0.25) is 0 Å². The third-order valence-electron chi connectivity index (χ3n) is 9.16. The van der Waals surface area contributed by atoms with Crippen LogP contribution >= 0.6 is 0 Å². The van der Waals surface area contributed by atoms with Crippen molar-refractivity contribution in [2.45, 2.75) is 0 Å². The van der Waals surface area contributed by atoms with Crippen LogP contribution in [0, 0.1) is 11.3 Å². The van der Waals surface area contributed by atoms with Crippen LogP contribution in [0.4, 0.5) is 0 Å². The first-order valence-electron chi connectivity index (χ1n) is 15.5. The highest BCUT2D eigenvalue weighted by molar-refractivity contribution is 6.17. The lowest BCUT2D eigenvalue weighted by atomic mass is 9.95. The fraction of sp³-hybridized carbons (Fsp3) is 0. The lowest BCUT2D eigenvalue weighted by Crippen LogP contribution is -1.97. The number of fused-ring (bicyclic) bond motifs is 6. The van der Waals surface area contributed by atoms with Crippen molar-refractivity contribution in [1.82, 2.24) is 9.13 Å². The van der Waals surface area contributed by atoms with Crippen molar-refractivity contribution in [2.75, 3.05) is 0 Å². The summed E-state index contributed by atoms with van der Waals surface area (Å²) in [6.07, 6.45) is 0. The van der Waals surface area contributed by atoms with E-state index in [0.29, 0.717) is 5.56 Å². The first kappa shape index (κ1) is 26.1. The number of hydrogen-bond acceptors (Lipinski definition) is 1. The van der Waals surface area contributed by atoms with E-state index in [9.17, 15) is 5.26 Å². The Morgan fingerprint density at radius 3 is 1.85 bits per heavy atom. The van der Waals surface area contributed by atoms with E-state index >= 15 is 0 Å². The lowest BCUT2D eigenvalue weighted by Gasteiger charge is -2.13. The Labute approximate surface area is 266 Å². The minimum atomic E-state index is 0.652. The molecule has 0 radical (unpaired) electrons. The third kappa shape index (κ3) is 3.84. The van der Waals surface area contributed by atoms with Crippen molar-refractivity contribution in [3.8, 4) is 39.7 Å². The van der Waals surface area contributed by atoms with E-state index in [1.165, 1.54) is 43.9 Å². The second-order valence-corrected chi connectivity index (χ2v) is 11.7. The van der Waals surface area contributed by atoms with Crippen LogP contribution in [-0.2, 0) is 0 Å². The molecule has 0 fully saturated rings. The number of benzene rings is 7. The first-order valence-corrected chi connectivity index (χ1v) is 15.5. The summed E-state index contributed by atoms with van der Waals surface area (Å²) in [5, 5.41) is 14.8. The van der Waals surface area contributed by atoms with Gasteiger partial charge in [0.15, 0.2) is 0 Å².